The number of Topliss-reactive ketones (excluding diaryl/α,β-unsaturated/α-hetero) is 1. The fourth-order valence-corrected chi connectivity index (χ4v) is 3.82. The van der Waals surface area contributed by atoms with Crippen LogP contribution in [0.25, 0.3) is 5.76 Å². The van der Waals surface area contributed by atoms with Crippen LogP contribution in [0.2, 0.25) is 0 Å². The lowest BCUT2D eigenvalue weighted by Crippen LogP contribution is -2.30. The van der Waals surface area contributed by atoms with Crippen molar-refractivity contribution in [1.29, 1.82) is 0 Å². The second kappa shape index (κ2) is 8.26. The SMILES string of the molecule is CCc1ccc(/C(O)=C2\C(=O)C(=O)N(c3cc(F)ccc3F)C2c2cccc(O)c2)cc1. The fraction of sp³-hybridized carbons (Fsp3) is 0.120. The average Bonchev–Trinajstić information content (AvgIpc) is 3.05. The minimum absolute atomic E-state index is 0.153. The summed E-state index contributed by atoms with van der Waals surface area (Å²) >= 11 is 0. The highest BCUT2D eigenvalue weighted by molar-refractivity contribution is 6.51. The van der Waals surface area contributed by atoms with Gasteiger partial charge in [-0.25, -0.2) is 8.78 Å². The van der Waals surface area contributed by atoms with Gasteiger partial charge in [-0.3, -0.25) is 14.5 Å². The smallest absolute Gasteiger partial charge is 0.300 e. The molecule has 3 aromatic rings. The number of halogens is 2. The van der Waals surface area contributed by atoms with Gasteiger partial charge in [0.1, 0.15) is 23.1 Å². The van der Waals surface area contributed by atoms with E-state index in [9.17, 15) is 28.6 Å². The van der Waals surface area contributed by atoms with E-state index in [1.807, 2.05) is 6.92 Å². The lowest BCUT2D eigenvalue weighted by Gasteiger charge is -2.26. The highest BCUT2D eigenvalue weighted by Gasteiger charge is 2.47. The van der Waals surface area contributed by atoms with Crippen LogP contribution in [-0.4, -0.2) is 21.9 Å². The second-order valence-electron chi connectivity index (χ2n) is 7.41. The molecule has 0 aromatic heterocycles. The summed E-state index contributed by atoms with van der Waals surface area (Å²) in [6.07, 6.45) is 0.771. The number of phenolic OH excluding ortho intramolecular Hbond substituents is 1. The van der Waals surface area contributed by atoms with E-state index in [1.165, 1.54) is 24.3 Å². The first-order valence-electron chi connectivity index (χ1n) is 9.96. The molecule has 0 aliphatic carbocycles. The number of ketones is 1. The van der Waals surface area contributed by atoms with E-state index in [4.69, 9.17) is 0 Å². The van der Waals surface area contributed by atoms with Crippen molar-refractivity contribution < 1.29 is 28.6 Å². The lowest BCUT2D eigenvalue weighted by molar-refractivity contribution is -0.132. The van der Waals surface area contributed by atoms with E-state index in [-0.39, 0.29) is 16.9 Å². The molecule has 0 bridgehead atoms. The zero-order valence-electron chi connectivity index (χ0n) is 17.0. The van der Waals surface area contributed by atoms with Gasteiger partial charge < -0.3 is 10.2 Å². The van der Waals surface area contributed by atoms with Gasteiger partial charge in [0, 0.05) is 11.6 Å². The Morgan fingerprint density at radius 3 is 2.38 bits per heavy atom. The largest absolute Gasteiger partial charge is 0.508 e. The summed E-state index contributed by atoms with van der Waals surface area (Å²) in [6, 6.07) is 13.8. The molecule has 1 aliphatic rings. The third-order valence-corrected chi connectivity index (χ3v) is 5.43. The zero-order valence-corrected chi connectivity index (χ0v) is 17.0. The predicted octanol–water partition coefficient (Wildman–Crippen LogP) is 4.86. The molecule has 7 heteroatoms. The van der Waals surface area contributed by atoms with E-state index < -0.39 is 40.8 Å². The summed E-state index contributed by atoms with van der Waals surface area (Å²) in [4.78, 5) is 26.8. The molecule has 1 saturated heterocycles. The monoisotopic (exact) mass is 435 g/mol. The standard InChI is InChI=1S/C25H19F2NO4/c1-2-14-6-8-15(9-7-14)23(30)21-22(16-4-3-5-18(29)12-16)28(25(32)24(21)31)20-13-17(26)10-11-19(20)27/h3-13,22,29-30H,2H2,1H3/b23-21+. The number of aromatic hydroxyl groups is 1. The Balaban J connectivity index is 1.96. The lowest BCUT2D eigenvalue weighted by atomic mass is 9.94. The predicted molar refractivity (Wildman–Crippen MR) is 115 cm³/mol. The van der Waals surface area contributed by atoms with Gasteiger partial charge in [0.2, 0.25) is 0 Å². The van der Waals surface area contributed by atoms with Crippen molar-refractivity contribution in [2.75, 3.05) is 4.90 Å². The number of carbonyl (C=O) groups is 2. The van der Waals surface area contributed by atoms with Crippen molar-refractivity contribution in [3.8, 4) is 5.75 Å². The molecule has 0 spiro atoms. The van der Waals surface area contributed by atoms with Crippen molar-refractivity contribution in [3.05, 3.63) is 101 Å². The number of carbonyl (C=O) groups excluding carboxylic acids is 2. The molecule has 1 amide bonds. The van der Waals surface area contributed by atoms with Crippen LogP contribution >= 0.6 is 0 Å². The van der Waals surface area contributed by atoms with Crippen LogP contribution in [0.5, 0.6) is 5.75 Å². The highest BCUT2D eigenvalue weighted by Crippen LogP contribution is 2.43. The maximum Gasteiger partial charge on any atom is 0.300 e. The van der Waals surface area contributed by atoms with Gasteiger partial charge in [-0.2, -0.15) is 0 Å². The van der Waals surface area contributed by atoms with Gasteiger partial charge in [0.25, 0.3) is 11.7 Å². The first-order chi connectivity index (χ1) is 15.3. The Morgan fingerprint density at radius 1 is 1.00 bits per heavy atom. The molecule has 1 aliphatic heterocycles. The van der Waals surface area contributed by atoms with Crippen LogP contribution in [0.3, 0.4) is 0 Å². The molecule has 1 heterocycles. The first kappa shape index (κ1) is 21.2. The minimum Gasteiger partial charge on any atom is -0.508 e. The number of phenols is 1. The van der Waals surface area contributed by atoms with E-state index in [0.717, 1.165) is 35.1 Å². The molecule has 2 N–H and O–H groups in total. The molecular formula is C25H19F2NO4. The van der Waals surface area contributed by atoms with E-state index in [1.54, 1.807) is 24.3 Å². The van der Waals surface area contributed by atoms with Crippen molar-refractivity contribution in [3.63, 3.8) is 0 Å². The molecule has 5 nitrogen and oxygen atoms in total. The average molecular weight is 435 g/mol. The summed E-state index contributed by atoms with van der Waals surface area (Å²) in [6.45, 7) is 1.97. The van der Waals surface area contributed by atoms with Crippen LogP contribution in [-0.2, 0) is 16.0 Å². The summed E-state index contributed by atoms with van der Waals surface area (Å²) < 4.78 is 28.5. The number of aliphatic hydroxyl groups excluding tert-OH is 1. The number of hydrogen-bond acceptors (Lipinski definition) is 4. The second-order valence-corrected chi connectivity index (χ2v) is 7.41. The molecule has 4 rings (SSSR count). The normalized spacial score (nSPS) is 17.7. The van der Waals surface area contributed by atoms with Crippen LogP contribution in [0.4, 0.5) is 14.5 Å². The Kier molecular flexibility index (Phi) is 5.48. The van der Waals surface area contributed by atoms with Gasteiger partial charge >= 0.3 is 0 Å². The van der Waals surface area contributed by atoms with Crippen molar-refractivity contribution >= 4 is 23.1 Å². The van der Waals surface area contributed by atoms with E-state index in [2.05, 4.69) is 0 Å². The molecule has 162 valence electrons. The zero-order chi connectivity index (χ0) is 23.0. The highest BCUT2D eigenvalue weighted by atomic mass is 19.1. The van der Waals surface area contributed by atoms with E-state index in [0.29, 0.717) is 5.56 Å². The molecule has 0 radical (unpaired) electrons. The van der Waals surface area contributed by atoms with E-state index >= 15 is 0 Å². The van der Waals surface area contributed by atoms with Crippen LogP contribution in [0.1, 0.15) is 29.7 Å². The molecule has 0 saturated carbocycles. The van der Waals surface area contributed by atoms with Crippen LogP contribution < -0.4 is 4.90 Å². The summed E-state index contributed by atoms with van der Waals surface area (Å²) in [5.74, 6) is -4.47. The van der Waals surface area contributed by atoms with Gasteiger partial charge in [-0.15, -0.1) is 0 Å². The van der Waals surface area contributed by atoms with Gasteiger partial charge in [0.05, 0.1) is 17.3 Å². The quantitative estimate of drug-likeness (QED) is 0.349. The number of hydrogen-bond donors (Lipinski definition) is 2. The summed E-state index contributed by atoms with van der Waals surface area (Å²) in [5.41, 5.74) is 0.826. The Bertz CT molecular complexity index is 1250. The van der Waals surface area contributed by atoms with Crippen molar-refractivity contribution in [2.45, 2.75) is 19.4 Å². The maximum atomic E-state index is 14.6. The first-order valence-corrected chi connectivity index (χ1v) is 9.96. The van der Waals surface area contributed by atoms with Crippen LogP contribution in [0, 0.1) is 11.6 Å². The van der Waals surface area contributed by atoms with Gasteiger partial charge in [0.15, 0.2) is 0 Å². The number of anilines is 1. The summed E-state index contributed by atoms with van der Waals surface area (Å²) in [7, 11) is 0. The number of nitrogens with zero attached hydrogens (tertiary/aromatic N) is 1. The van der Waals surface area contributed by atoms with Gasteiger partial charge in [-0.1, -0.05) is 43.3 Å². The Hall–Kier alpha value is -4.00. The number of benzene rings is 3. The topological polar surface area (TPSA) is 77.8 Å². The number of aryl methyl sites for hydroxylation is 1. The minimum atomic E-state index is -1.27. The fourth-order valence-electron chi connectivity index (χ4n) is 3.82. The number of amides is 1. The third kappa shape index (κ3) is 3.62. The third-order valence-electron chi connectivity index (χ3n) is 5.43. The molecule has 3 aromatic carbocycles. The maximum absolute atomic E-state index is 14.6. The Morgan fingerprint density at radius 2 is 1.72 bits per heavy atom. The summed E-state index contributed by atoms with van der Waals surface area (Å²) in [5, 5.41) is 21.0. The van der Waals surface area contributed by atoms with Crippen LogP contribution in [0.15, 0.2) is 72.3 Å². The molecule has 32 heavy (non-hydrogen) atoms. The van der Waals surface area contributed by atoms with Gasteiger partial charge in [-0.05, 0) is 41.8 Å². The molecule has 1 atom stereocenters. The van der Waals surface area contributed by atoms with Crippen molar-refractivity contribution in [2.24, 2.45) is 0 Å². The molecule has 1 fully saturated rings. The Labute approximate surface area is 182 Å². The molecular weight excluding hydrogens is 416 g/mol. The van der Waals surface area contributed by atoms with Crippen molar-refractivity contribution in [1.82, 2.24) is 0 Å². The number of rotatable bonds is 4. The number of aliphatic hydroxyl groups is 1. The molecule has 1 unspecified atom stereocenters.